The molecule has 146 valence electrons. The van der Waals surface area contributed by atoms with E-state index in [1.807, 2.05) is 0 Å². The number of aliphatic hydroxyl groups is 1. The molecular formula is C20H20FN3O4. The number of hydrogen-bond donors (Lipinski definition) is 5. The Morgan fingerprint density at radius 2 is 1.61 bits per heavy atom. The Morgan fingerprint density at radius 3 is 2.07 bits per heavy atom. The second-order valence-electron chi connectivity index (χ2n) is 6.32. The fraction of sp³-hybridized carbons (Fsp3) is 0.200. The number of benzene rings is 2. The summed E-state index contributed by atoms with van der Waals surface area (Å²) in [6, 6.07) is 11.5. The summed E-state index contributed by atoms with van der Waals surface area (Å²) in [6.07, 6.45) is 0. The molecule has 28 heavy (non-hydrogen) atoms. The van der Waals surface area contributed by atoms with Crippen LogP contribution in [0.2, 0.25) is 0 Å². The van der Waals surface area contributed by atoms with Gasteiger partial charge in [-0.15, -0.1) is 0 Å². The van der Waals surface area contributed by atoms with Gasteiger partial charge in [-0.25, -0.2) is 9.87 Å². The summed E-state index contributed by atoms with van der Waals surface area (Å²) in [5.74, 6) is 4.04. The minimum absolute atomic E-state index is 0.170. The fourth-order valence-electron chi connectivity index (χ4n) is 2.28. The highest BCUT2D eigenvalue weighted by molar-refractivity contribution is 5.97. The molecule has 0 aliphatic carbocycles. The van der Waals surface area contributed by atoms with Crippen molar-refractivity contribution in [3.05, 3.63) is 65.2 Å². The van der Waals surface area contributed by atoms with E-state index in [-0.39, 0.29) is 5.56 Å². The average Bonchev–Trinajstić information content (AvgIpc) is 2.71. The van der Waals surface area contributed by atoms with Gasteiger partial charge in [0, 0.05) is 22.4 Å². The molecule has 6 N–H and O–H groups in total. The monoisotopic (exact) mass is 385 g/mol. The van der Waals surface area contributed by atoms with Gasteiger partial charge in [0.2, 0.25) is 0 Å². The van der Waals surface area contributed by atoms with Gasteiger partial charge in [-0.2, -0.15) is 0 Å². The molecule has 0 unspecified atom stereocenters. The maximum absolute atomic E-state index is 13.0. The number of halogens is 1. The molecule has 0 fully saturated rings. The molecule has 8 heteroatoms. The van der Waals surface area contributed by atoms with Crippen LogP contribution in [0.5, 0.6) is 0 Å². The molecule has 2 rings (SSSR count). The maximum atomic E-state index is 13.0. The van der Waals surface area contributed by atoms with Gasteiger partial charge in [-0.05, 0) is 55.5 Å². The highest BCUT2D eigenvalue weighted by Gasteiger charge is 2.39. The van der Waals surface area contributed by atoms with Gasteiger partial charge >= 0.3 is 0 Å². The second kappa shape index (κ2) is 8.99. The van der Waals surface area contributed by atoms with E-state index in [4.69, 9.17) is 10.9 Å². The number of alkyl halides is 1. The van der Waals surface area contributed by atoms with Crippen LogP contribution in [0.25, 0.3) is 0 Å². The Balaban J connectivity index is 2.12. The fourth-order valence-corrected chi connectivity index (χ4v) is 2.28. The van der Waals surface area contributed by atoms with Gasteiger partial charge in [-0.3, -0.25) is 14.8 Å². The summed E-state index contributed by atoms with van der Waals surface area (Å²) in [4.78, 5) is 24.0. The SMILES string of the molecule is C[C@@](O)(CF)[C@H](NC(=O)c1ccc(C#Cc2ccc(N)cc2)cc1)C(=O)NO. The molecule has 0 heterocycles. The number of amides is 2. The molecule has 2 amide bonds. The van der Waals surface area contributed by atoms with Crippen LogP contribution in [-0.2, 0) is 4.79 Å². The van der Waals surface area contributed by atoms with Crippen molar-refractivity contribution in [2.75, 3.05) is 12.4 Å². The predicted octanol–water partition coefficient (Wildman–Crippen LogP) is 0.993. The van der Waals surface area contributed by atoms with E-state index >= 15 is 0 Å². The summed E-state index contributed by atoms with van der Waals surface area (Å²) in [7, 11) is 0. The minimum atomic E-state index is -2.19. The quantitative estimate of drug-likeness (QED) is 0.227. The molecule has 7 nitrogen and oxygen atoms in total. The first-order valence-corrected chi connectivity index (χ1v) is 8.27. The Hall–Kier alpha value is -3.41. The molecule has 0 aliphatic rings. The van der Waals surface area contributed by atoms with Crippen molar-refractivity contribution in [2.45, 2.75) is 18.6 Å². The number of anilines is 1. The lowest BCUT2D eigenvalue weighted by atomic mass is 9.97. The van der Waals surface area contributed by atoms with Crippen LogP contribution >= 0.6 is 0 Å². The van der Waals surface area contributed by atoms with Crippen LogP contribution < -0.4 is 16.5 Å². The van der Waals surface area contributed by atoms with Crippen molar-refractivity contribution in [1.29, 1.82) is 0 Å². The summed E-state index contributed by atoms with van der Waals surface area (Å²) in [5.41, 5.74) is 6.96. The summed E-state index contributed by atoms with van der Waals surface area (Å²) in [6.45, 7) is -0.270. The van der Waals surface area contributed by atoms with Gasteiger partial charge in [0.25, 0.3) is 11.8 Å². The smallest absolute Gasteiger partial charge is 0.268 e. The Morgan fingerprint density at radius 1 is 1.11 bits per heavy atom. The van der Waals surface area contributed by atoms with E-state index in [0.29, 0.717) is 11.3 Å². The molecular weight excluding hydrogens is 365 g/mol. The highest BCUT2D eigenvalue weighted by atomic mass is 19.1. The van der Waals surface area contributed by atoms with E-state index < -0.39 is 30.1 Å². The van der Waals surface area contributed by atoms with E-state index in [0.717, 1.165) is 12.5 Å². The topological polar surface area (TPSA) is 125 Å². The molecule has 2 aromatic rings. The van der Waals surface area contributed by atoms with Crippen LogP contribution in [0.1, 0.15) is 28.4 Å². The molecule has 0 aromatic heterocycles. The molecule has 0 aliphatic heterocycles. The lowest BCUT2D eigenvalue weighted by molar-refractivity contribution is -0.138. The van der Waals surface area contributed by atoms with Gasteiger partial charge in [0.1, 0.15) is 18.3 Å². The average molecular weight is 385 g/mol. The zero-order valence-corrected chi connectivity index (χ0v) is 15.1. The van der Waals surface area contributed by atoms with Crippen molar-refractivity contribution in [2.24, 2.45) is 0 Å². The number of nitrogen functional groups attached to an aromatic ring is 1. The zero-order valence-electron chi connectivity index (χ0n) is 15.1. The number of carbonyl (C=O) groups excluding carboxylic acids is 2. The zero-order chi connectivity index (χ0) is 20.7. The van der Waals surface area contributed by atoms with Gasteiger partial charge in [0.15, 0.2) is 0 Å². The number of rotatable bonds is 5. The Bertz CT molecular complexity index is 900. The molecule has 0 radical (unpaired) electrons. The predicted molar refractivity (Wildman–Crippen MR) is 101 cm³/mol. The normalized spacial score (nSPS) is 13.4. The van der Waals surface area contributed by atoms with Crippen molar-refractivity contribution >= 4 is 17.5 Å². The Labute approximate surface area is 161 Å². The van der Waals surface area contributed by atoms with Crippen LogP contribution in [0.3, 0.4) is 0 Å². The maximum Gasteiger partial charge on any atom is 0.268 e. The molecule has 0 saturated heterocycles. The molecule has 2 atom stereocenters. The van der Waals surface area contributed by atoms with Crippen LogP contribution in [0.15, 0.2) is 48.5 Å². The summed E-state index contributed by atoms with van der Waals surface area (Å²) >= 11 is 0. The van der Waals surface area contributed by atoms with E-state index in [1.165, 1.54) is 17.6 Å². The van der Waals surface area contributed by atoms with Crippen LogP contribution in [0.4, 0.5) is 10.1 Å². The number of hydroxylamine groups is 1. The van der Waals surface area contributed by atoms with Crippen molar-refractivity contribution in [3.8, 4) is 11.8 Å². The minimum Gasteiger partial charge on any atom is -0.399 e. The first-order valence-electron chi connectivity index (χ1n) is 8.27. The number of hydrogen-bond acceptors (Lipinski definition) is 5. The largest absolute Gasteiger partial charge is 0.399 e. The van der Waals surface area contributed by atoms with Gasteiger partial charge in [0.05, 0.1) is 0 Å². The molecule has 0 saturated carbocycles. The first kappa shape index (κ1) is 20.9. The first-order chi connectivity index (χ1) is 13.3. The van der Waals surface area contributed by atoms with Crippen LogP contribution in [-0.4, -0.2) is 40.4 Å². The lowest BCUT2D eigenvalue weighted by Gasteiger charge is -2.29. The molecule has 0 bridgehead atoms. The number of nitrogens with one attached hydrogen (secondary N) is 2. The number of carbonyl (C=O) groups is 2. The summed E-state index contributed by atoms with van der Waals surface area (Å²) in [5, 5.41) is 20.9. The van der Waals surface area contributed by atoms with E-state index in [9.17, 15) is 19.1 Å². The standard InChI is InChI=1S/C20H20FN3O4/c1-20(27,12-21)17(19(26)24-28)23-18(25)15-8-4-13(5-9-15)2-3-14-6-10-16(22)11-7-14/h4-11,17,27-28H,12,22H2,1H3,(H,23,25)(H,24,26)/t17-,20-/m1/s1. The van der Waals surface area contributed by atoms with E-state index in [1.54, 1.807) is 36.4 Å². The lowest BCUT2D eigenvalue weighted by Crippen LogP contribution is -2.59. The van der Waals surface area contributed by atoms with Gasteiger partial charge < -0.3 is 16.2 Å². The molecule has 2 aromatic carbocycles. The third-order valence-electron chi connectivity index (χ3n) is 3.95. The second-order valence-corrected chi connectivity index (χ2v) is 6.32. The van der Waals surface area contributed by atoms with Gasteiger partial charge in [-0.1, -0.05) is 11.8 Å². The Kier molecular flexibility index (Phi) is 6.71. The third kappa shape index (κ3) is 5.30. The van der Waals surface area contributed by atoms with Crippen molar-refractivity contribution in [3.63, 3.8) is 0 Å². The van der Waals surface area contributed by atoms with Crippen molar-refractivity contribution in [1.82, 2.24) is 10.8 Å². The summed E-state index contributed by atoms with van der Waals surface area (Å²) < 4.78 is 13.0. The third-order valence-corrected chi connectivity index (χ3v) is 3.95. The van der Waals surface area contributed by atoms with Crippen molar-refractivity contribution < 1.29 is 24.3 Å². The highest BCUT2D eigenvalue weighted by Crippen LogP contribution is 2.13. The molecule has 0 spiro atoms. The number of nitrogens with two attached hydrogens (primary N) is 1. The van der Waals surface area contributed by atoms with E-state index in [2.05, 4.69) is 17.2 Å². The van der Waals surface area contributed by atoms with Crippen LogP contribution in [0, 0.1) is 11.8 Å².